The zero-order valence-corrected chi connectivity index (χ0v) is 17.5. The maximum Gasteiger partial charge on any atom is 0.266 e. The van der Waals surface area contributed by atoms with E-state index >= 15 is 0 Å². The van der Waals surface area contributed by atoms with Gasteiger partial charge in [-0.3, -0.25) is 14.4 Å². The van der Waals surface area contributed by atoms with Gasteiger partial charge in [-0.25, -0.2) is 4.90 Å². The van der Waals surface area contributed by atoms with Gasteiger partial charge in [0.05, 0.1) is 16.8 Å². The number of nitrogens with zero attached hydrogens (tertiary/aromatic N) is 3. The molecule has 0 radical (unpaired) electrons. The Morgan fingerprint density at radius 2 is 1.78 bits per heavy atom. The van der Waals surface area contributed by atoms with Gasteiger partial charge in [0.1, 0.15) is 0 Å². The molecule has 32 heavy (non-hydrogen) atoms. The number of anilines is 2. The number of fused-ring (bicyclic) bond motifs is 1. The number of carbonyl (C=O) groups excluding carboxylic acids is 3. The zero-order valence-electron chi connectivity index (χ0n) is 16.6. The van der Waals surface area contributed by atoms with Crippen molar-refractivity contribution in [1.82, 2.24) is 10.2 Å². The second-order valence-corrected chi connectivity index (χ2v) is 7.88. The van der Waals surface area contributed by atoms with E-state index in [1.54, 1.807) is 48.5 Å². The molecular formula is C23H16N4O4S. The van der Waals surface area contributed by atoms with Crippen molar-refractivity contribution in [2.45, 2.75) is 12.8 Å². The summed E-state index contributed by atoms with van der Waals surface area (Å²) in [5.41, 5.74) is 2.46. The summed E-state index contributed by atoms with van der Waals surface area (Å²) >= 11 is 1.53. The molecule has 1 aliphatic rings. The molecule has 1 aliphatic heterocycles. The van der Waals surface area contributed by atoms with E-state index in [-0.39, 0.29) is 24.1 Å². The van der Waals surface area contributed by atoms with Crippen molar-refractivity contribution in [3.63, 3.8) is 0 Å². The minimum Gasteiger partial charge on any atom is -0.421 e. The molecule has 5 rings (SSSR count). The van der Waals surface area contributed by atoms with E-state index in [9.17, 15) is 14.4 Å². The molecule has 3 amide bonds. The van der Waals surface area contributed by atoms with Crippen LogP contribution in [0.4, 0.5) is 11.4 Å². The molecule has 9 heteroatoms. The lowest BCUT2D eigenvalue weighted by Crippen LogP contribution is -2.29. The third kappa shape index (κ3) is 3.69. The molecule has 0 unspecified atom stereocenters. The third-order valence-electron chi connectivity index (χ3n) is 4.98. The van der Waals surface area contributed by atoms with Gasteiger partial charge in [0, 0.05) is 29.5 Å². The number of benzene rings is 2. The molecule has 0 atom stereocenters. The van der Waals surface area contributed by atoms with Gasteiger partial charge in [-0.1, -0.05) is 18.2 Å². The van der Waals surface area contributed by atoms with Gasteiger partial charge in [0.25, 0.3) is 11.8 Å². The van der Waals surface area contributed by atoms with Gasteiger partial charge in [0.2, 0.25) is 17.7 Å². The molecule has 2 aromatic heterocycles. The normalized spacial score (nSPS) is 12.8. The molecule has 4 aromatic rings. The van der Waals surface area contributed by atoms with E-state index in [1.165, 1.54) is 11.3 Å². The molecule has 8 nitrogen and oxygen atoms in total. The summed E-state index contributed by atoms with van der Waals surface area (Å²) in [4.78, 5) is 38.9. The monoisotopic (exact) mass is 444 g/mol. The fraction of sp³-hybridized carbons (Fsp3) is 0.0870. The van der Waals surface area contributed by atoms with Crippen molar-refractivity contribution in [3.05, 3.63) is 82.4 Å². The Morgan fingerprint density at radius 1 is 1.00 bits per heavy atom. The maximum absolute atomic E-state index is 12.7. The summed E-state index contributed by atoms with van der Waals surface area (Å²) in [7, 11) is 0. The Kier molecular flexibility index (Phi) is 5.08. The lowest BCUT2D eigenvalue weighted by atomic mass is 10.1. The van der Waals surface area contributed by atoms with Crippen LogP contribution in [0.15, 0.2) is 69.8 Å². The minimum absolute atomic E-state index is 0.141. The van der Waals surface area contributed by atoms with Crippen molar-refractivity contribution in [1.29, 1.82) is 0 Å². The highest BCUT2D eigenvalue weighted by atomic mass is 32.1. The van der Waals surface area contributed by atoms with E-state index < -0.39 is 0 Å². The number of hydrogen-bond donors (Lipinski definition) is 1. The Bertz CT molecular complexity index is 1290. The van der Waals surface area contributed by atoms with Gasteiger partial charge in [-0.15, -0.1) is 10.2 Å². The molecule has 0 bridgehead atoms. The number of carbonyl (C=O) groups is 3. The summed E-state index contributed by atoms with van der Waals surface area (Å²) in [6.07, 6.45) is 0.434. The lowest BCUT2D eigenvalue weighted by Gasteiger charge is -2.15. The first-order valence-electron chi connectivity index (χ1n) is 9.83. The van der Waals surface area contributed by atoms with Gasteiger partial charge in [-0.2, -0.15) is 11.3 Å². The SMILES string of the molecule is O=C(CCc1nnc(-c2ccsc2)o1)Nc1cccc(N2C(=O)c3ccccc3C2=O)c1. The first kappa shape index (κ1) is 19.8. The number of aromatic nitrogens is 2. The Balaban J connectivity index is 1.24. The smallest absolute Gasteiger partial charge is 0.266 e. The van der Waals surface area contributed by atoms with Crippen molar-refractivity contribution < 1.29 is 18.8 Å². The molecule has 0 saturated carbocycles. The van der Waals surface area contributed by atoms with Crippen LogP contribution in [0.1, 0.15) is 33.0 Å². The van der Waals surface area contributed by atoms with Crippen molar-refractivity contribution in [2.75, 3.05) is 10.2 Å². The van der Waals surface area contributed by atoms with Gasteiger partial charge >= 0.3 is 0 Å². The topological polar surface area (TPSA) is 105 Å². The van der Waals surface area contributed by atoms with Gasteiger partial charge in [0.15, 0.2) is 0 Å². The molecule has 0 aliphatic carbocycles. The second-order valence-electron chi connectivity index (χ2n) is 7.10. The maximum atomic E-state index is 12.7. The predicted octanol–water partition coefficient (Wildman–Crippen LogP) is 4.17. The van der Waals surface area contributed by atoms with Crippen LogP contribution in [0.2, 0.25) is 0 Å². The Morgan fingerprint density at radius 3 is 2.50 bits per heavy atom. The predicted molar refractivity (Wildman–Crippen MR) is 119 cm³/mol. The van der Waals surface area contributed by atoms with Crippen molar-refractivity contribution in [2.24, 2.45) is 0 Å². The number of aryl methyl sites for hydroxylation is 1. The van der Waals surface area contributed by atoms with Gasteiger partial charge < -0.3 is 9.73 Å². The molecule has 158 valence electrons. The average Bonchev–Trinajstić information content (AvgIpc) is 3.54. The Hall–Kier alpha value is -4.11. The quantitative estimate of drug-likeness (QED) is 0.448. The highest BCUT2D eigenvalue weighted by molar-refractivity contribution is 7.08. The van der Waals surface area contributed by atoms with Crippen LogP contribution in [-0.2, 0) is 11.2 Å². The number of thiophene rings is 1. The van der Waals surface area contributed by atoms with Crippen molar-refractivity contribution >= 4 is 40.4 Å². The molecule has 2 aromatic carbocycles. The average molecular weight is 444 g/mol. The first-order chi connectivity index (χ1) is 15.6. The molecule has 0 saturated heterocycles. The van der Waals surface area contributed by atoms with E-state index in [0.29, 0.717) is 40.7 Å². The fourth-order valence-electron chi connectivity index (χ4n) is 3.45. The number of imide groups is 1. The summed E-state index contributed by atoms with van der Waals surface area (Å²) < 4.78 is 5.59. The Labute approximate surface area is 186 Å². The summed E-state index contributed by atoms with van der Waals surface area (Å²) in [6.45, 7) is 0. The van der Waals surface area contributed by atoms with Crippen molar-refractivity contribution in [3.8, 4) is 11.5 Å². The van der Waals surface area contributed by atoms with Gasteiger partial charge in [-0.05, 0) is 41.8 Å². The van der Waals surface area contributed by atoms with Crippen LogP contribution in [0.3, 0.4) is 0 Å². The highest BCUT2D eigenvalue weighted by Crippen LogP contribution is 2.29. The molecule has 3 heterocycles. The molecule has 0 spiro atoms. The fourth-order valence-corrected chi connectivity index (χ4v) is 4.08. The molecule has 1 N–H and O–H groups in total. The standard InChI is InChI=1S/C23H16N4O4S/c28-19(8-9-20-25-26-21(31-20)14-10-11-32-13-14)24-15-4-3-5-16(12-15)27-22(29)17-6-1-2-7-18(17)23(27)30/h1-7,10-13H,8-9H2,(H,24,28). The number of hydrogen-bond acceptors (Lipinski definition) is 7. The molecular weight excluding hydrogens is 428 g/mol. The van der Waals surface area contributed by atoms with E-state index in [0.717, 1.165) is 10.5 Å². The van der Waals surface area contributed by atoms with Crippen LogP contribution >= 0.6 is 11.3 Å². The third-order valence-corrected chi connectivity index (χ3v) is 5.67. The van der Waals surface area contributed by atoms with Crippen LogP contribution in [0, 0.1) is 0 Å². The van der Waals surface area contributed by atoms with E-state index in [1.807, 2.05) is 16.8 Å². The second kappa shape index (κ2) is 8.20. The van der Waals surface area contributed by atoms with E-state index in [2.05, 4.69) is 15.5 Å². The van der Waals surface area contributed by atoms with Crippen LogP contribution < -0.4 is 10.2 Å². The summed E-state index contributed by atoms with van der Waals surface area (Å²) in [6, 6.07) is 15.2. The number of rotatable bonds is 6. The minimum atomic E-state index is -0.383. The highest BCUT2D eigenvalue weighted by Gasteiger charge is 2.36. The van der Waals surface area contributed by atoms with E-state index in [4.69, 9.17) is 4.42 Å². The van der Waals surface area contributed by atoms with Crippen LogP contribution in [0.25, 0.3) is 11.5 Å². The number of amides is 3. The van der Waals surface area contributed by atoms with Crippen LogP contribution in [0.5, 0.6) is 0 Å². The first-order valence-corrected chi connectivity index (χ1v) is 10.8. The number of nitrogens with one attached hydrogen (secondary N) is 1. The summed E-state index contributed by atoms with van der Waals surface area (Å²) in [5.74, 6) is -0.213. The summed E-state index contributed by atoms with van der Waals surface area (Å²) in [5, 5.41) is 14.6. The van der Waals surface area contributed by atoms with Crippen LogP contribution in [-0.4, -0.2) is 27.9 Å². The molecule has 0 fully saturated rings. The lowest BCUT2D eigenvalue weighted by molar-refractivity contribution is -0.116. The largest absolute Gasteiger partial charge is 0.421 e. The zero-order chi connectivity index (χ0) is 22.1.